The minimum atomic E-state index is -0.508. The minimum Gasteiger partial charge on any atom is -0.395 e. The fourth-order valence-corrected chi connectivity index (χ4v) is 1.05. The Bertz CT molecular complexity index is 417. The Morgan fingerprint density at radius 3 is 2.53 bits per heavy atom. The Balaban J connectivity index is 3.02. The Labute approximate surface area is 88.2 Å². The fourth-order valence-electron chi connectivity index (χ4n) is 1.05. The maximum atomic E-state index is 11.6. The van der Waals surface area contributed by atoms with Gasteiger partial charge in [0.1, 0.15) is 0 Å². The number of carbonyl (C=O) groups excluding carboxylic acids is 1. The minimum absolute atomic E-state index is 0.0559. The molecule has 0 atom stereocenters. The first-order valence-electron chi connectivity index (χ1n) is 4.41. The smallest absolute Gasteiger partial charge is 0.287 e. The molecule has 0 heterocycles. The summed E-state index contributed by atoms with van der Waals surface area (Å²) in [5.41, 5.74) is 6.01. The van der Waals surface area contributed by atoms with Gasteiger partial charge >= 0.3 is 0 Å². The van der Waals surface area contributed by atoms with E-state index in [1.54, 1.807) is 37.4 Å². The Kier molecular flexibility index (Phi) is 3.47. The molecule has 0 unspecified atom stereocenters. The van der Waals surface area contributed by atoms with Crippen molar-refractivity contribution in [1.29, 1.82) is 5.26 Å². The van der Waals surface area contributed by atoms with Crippen LogP contribution in [-0.2, 0) is 4.79 Å². The molecule has 2 N–H and O–H groups in total. The van der Waals surface area contributed by atoms with Gasteiger partial charge in [-0.25, -0.2) is 4.90 Å². The van der Waals surface area contributed by atoms with Gasteiger partial charge in [-0.2, -0.15) is 5.26 Å². The first-order valence-corrected chi connectivity index (χ1v) is 4.41. The number of nitrogens with two attached hydrogens (primary N) is 1. The highest BCUT2D eigenvalue weighted by Gasteiger charge is 2.16. The number of para-hydroxylation sites is 1. The highest BCUT2D eigenvalue weighted by atomic mass is 16.2. The maximum absolute atomic E-state index is 11.6. The van der Waals surface area contributed by atoms with Gasteiger partial charge in [-0.05, 0) is 19.1 Å². The van der Waals surface area contributed by atoms with E-state index in [-0.39, 0.29) is 5.70 Å². The summed E-state index contributed by atoms with van der Waals surface area (Å²) in [7, 11) is 0. The van der Waals surface area contributed by atoms with E-state index in [2.05, 4.69) is 0 Å². The van der Waals surface area contributed by atoms with Crippen molar-refractivity contribution in [2.45, 2.75) is 6.92 Å². The second-order valence-electron chi connectivity index (χ2n) is 2.82. The number of nitrogens with zero attached hydrogens (tertiary/aromatic N) is 2. The molecule has 76 valence electrons. The van der Waals surface area contributed by atoms with Gasteiger partial charge in [0, 0.05) is 0 Å². The molecule has 0 aliphatic carbocycles. The number of allylic oxidation sites excluding steroid dienone is 1. The molecule has 1 rings (SSSR count). The summed E-state index contributed by atoms with van der Waals surface area (Å²) >= 11 is 0. The van der Waals surface area contributed by atoms with Crippen molar-refractivity contribution in [2.75, 3.05) is 4.90 Å². The molecular formula is C11H11N3O. The van der Waals surface area contributed by atoms with E-state index < -0.39 is 5.91 Å². The molecule has 0 aromatic heterocycles. The van der Waals surface area contributed by atoms with E-state index in [0.29, 0.717) is 5.69 Å². The number of nitriles is 1. The lowest BCUT2D eigenvalue weighted by Crippen LogP contribution is -2.30. The number of benzene rings is 1. The van der Waals surface area contributed by atoms with Gasteiger partial charge < -0.3 is 5.73 Å². The largest absolute Gasteiger partial charge is 0.395 e. The van der Waals surface area contributed by atoms with Crippen LogP contribution < -0.4 is 10.6 Å². The lowest BCUT2D eigenvalue weighted by Gasteiger charge is -2.13. The normalized spacial score (nSPS) is 10.5. The van der Waals surface area contributed by atoms with Crippen LogP contribution in [0.25, 0.3) is 0 Å². The number of hydrogen-bond donors (Lipinski definition) is 1. The molecule has 1 aromatic rings. The third-order valence-electron chi connectivity index (χ3n) is 1.88. The zero-order chi connectivity index (χ0) is 11.3. The zero-order valence-electron chi connectivity index (χ0n) is 8.34. The van der Waals surface area contributed by atoms with Crippen molar-refractivity contribution in [3.05, 3.63) is 42.1 Å². The van der Waals surface area contributed by atoms with Crippen LogP contribution in [0.3, 0.4) is 0 Å². The summed E-state index contributed by atoms with van der Waals surface area (Å²) < 4.78 is 0. The van der Waals surface area contributed by atoms with Crippen molar-refractivity contribution in [1.82, 2.24) is 0 Å². The average Bonchev–Trinajstić information content (AvgIpc) is 2.30. The van der Waals surface area contributed by atoms with Crippen molar-refractivity contribution >= 4 is 11.6 Å². The van der Waals surface area contributed by atoms with Gasteiger partial charge in [-0.15, -0.1) is 0 Å². The highest BCUT2D eigenvalue weighted by molar-refractivity contribution is 6.06. The molecule has 0 saturated heterocycles. The van der Waals surface area contributed by atoms with Gasteiger partial charge in [0.25, 0.3) is 5.91 Å². The predicted octanol–water partition coefficient (Wildman–Crippen LogP) is 1.36. The lowest BCUT2D eigenvalue weighted by atomic mass is 10.3. The summed E-state index contributed by atoms with van der Waals surface area (Å²) in [6, 6.07) is 8.65. The molecule has 1 amide bonds. The topological polar surface area (TPSA) is 70.1 Å². The fraction of sp³-hybridized carbons (Fsp3) is 0.0909. The molecule has 4 nitrogen and oxygen atoms in total. The summed E-state index contributed by atoms with van der Waals surface area (Å²) in [4.78, 5) is 12.6. The molecule has 0 fully saturated rings. The standard InChI is InChI=1S/C11H11N3O/c1-2-10(13)11(15)14(8-12)9-6-4-3-5-7-9/h2-7H,13H2,1H3/b10-2-. The van der Waals surface area contributed by atoms with Crippen LogP contribution in [0.5, 0.6) is 0 Å². The summed E-state index contributed by atoms with van der Waals surface area (Å²) in [6.07, 6.45) is 3.26. The Hall–Kier alpha value is -2.28. The number of anilines is 1. The number of hydrogen-bond acceptors (Lipinski definition) is 3. The van der Waals surface area contributed by atoms with E-state index in [0.717, 1.165) is 4.90 Å². The first-order chi connectivity index (χ1) is 7.20. The van der Waals surface area contributed by atoms with E-state index in [1.165, 1.54) is 6.08 Å². The van der Waals surface area contributed by atoms with Crippen molar-refractivity contribution in [2.24, 2.45) is 5.73 Å². The highest BCUT2D eigenvalue weighted by Crippen LogP contribution is 2.13. The second-order valence-corrected chi connectivity index (χ2v) is 2.82. The molecule has 1 aromatic carbocycles. The van der Waals surface area contributed by atoms with Crippen LogP contribution >= 0.6 is 0 Å². The molecular weight excluding hydrogens is 190 g/mol. The van der Waals surface area contributed by atoms with Gasteiger partial charge in [0.05, 0.1) is 11.4 Å². The molecule has 4 heteroatoms. The van der Waals surface area contributed by atoms with E-state index in [4.69, 9.17) is 11.0 Å². The van der Waals surface area contributed by atoms with Gasteiger partial charge in [0.15, 0.2) is 6.19 Å². The zero-order valence-corrected chi connectivity index (χ0v) is 8.34. The third kappa shape index (κ3) is 2.35. The summed E-state index contributed by atoms with van der Waals surface area (Å²) in [5, 5.41) is 8.87. The molecule has 0 bridgehead atoms. The van der Waals surface area contributed by atoms with Crippen LogP contribution in [0.4, 0.5) is 5.69 Å². The lowest BCUT2D eigenvalue weighted by molar-refractivity contribution is -0.114. The number of carbonyl (C=O) groups is 1. The number of rotatable bonds is 2. The average molecular weight is 201 g/mol. The molecule has 0 radical (unpaired) electrons. The van der Waals surface area contributed by atoms with Crippen LogP contribution in [0.15, 0.2) is 42.1 Å². The van der Waals surface area contributed by atoms with Crippen LogP contribution in [-0.4, -0.2) is 5.91 Å². The number of amides is 1. The van der Waals surface area contributed by atoms with E-state index in [9.17, 15) is 4.79 Å². The molecule has 0 aliphatic rings. The molecule has 0 saturated carbocycles. The molecule has 0 aliphatic heterocycles. The summed E-state index contributed by atoms with van der Waals surface area (Å²) in [5.74, 6) is -0.508. The van der Waals surface area contributed by atoms with Crippen LogP contribution in [0.1, 0.15) is 6.92 Å². The van der Waals surface area contributed by atoms with Crippen molar-refractivity contribution in [3.8, 4) is 6.19 Å². The maximum Gasteiger partial charge on any atom is 0.287 e. The van der Waals surface area contributed by atoms with Crippen molar-refractivity contribution < 1.29 is 4.79 Å². The first kappa shape index (κ1) is 10.8. The summed E-state index contributed by atoms with van der Waals surface area (Å²) in [6.45, 7) is 1.65. The second kappa shape index (κ2) is 4.82. The van der Waals surface area contributed by atoms with Gasteiger partial charge in [-0.3, -0.25) is 4.79 Å². The molecule has 0 spiro atoms. The van der Waals surface area contributed by atoms with Gasteiger partial charge in [-0.1, -0.05) is 24.3 Å². The van der Waals surface area contributed by atoms with Crippen LogP contribution in [0.2, 0.25) is 0 Å². The van der Waals surface area contributed by atoms with Crippen molar-refractivity contribution in [3.63, 3.8) is 0 Å². The Morgan fingerprint density at radius 2 is 2.07 bits per heavy atom. The monoisotopic (exact) mass is 201 g/mol. The van der Waals surface area contributed by atoms with Gasteiger partial charge in [0.2, 0.25) is 0 Å². The van der Waals surface area contributed by atoms with E-state index in [1.807, 2.05) is 6.07 Å². The van der Waals surface area contributed by atoms with Crippen LogP contribution in [0, 0.1) is 11.5 Å². The van der Waals surface area contributed by atoms with E-state index >= 15 is 0 Å². The Morgan fingerprint density at radius 1 is 1.47 bits per heavy atom. The third-order valence-corrected chi connectivity index (χ3v) is 1.88. The SMILES string of the molecule is C/C=C(\N)C(=O)N(C#N)c1ccccc1. The quantitative estimate of drug-likeness (QED) is 0.446. The molecule has 15 heavy (non-hydrogen) atoms. The predicted molar refractivity (Wildman–Crippen MR) is 57.5 cm³/mol.